The Morgan fingerprint density at radius 1 is 1.19 bits per heavy atom. The molecule has 0 aromatic heterocycles. The van der Waals surface area contributed by atoms with Crippen molar-refractivity contribution in [1.82, 2.24) is 5.32 Å². The van der Waals surface area contributed by atoms with Crippen LogP contribution in [0.15, 0.2) is 36.4 Å². The quantitative estimate of drug-likeness (QED) is 0.614. The van der Waals surface area contributed by atoms with Gasteiger partial charge in [0.05, 0.1) is 7.11 Å². The normalized spacial score (nSPS) is 21.6. The van der Waals surface area contributed by atoms with Gasteiger partial charge in [-0.15, -0.1) is 11.8 Å². The van der Waals surface area contributed by atoms with Crippen molar-refractivity contribution in [2.45, 2.75) is 42.9 Å². The Bertz CT molecular complexity index is 892. The summed E-state index contributed by atoms with van der Waals surface area (Å²) < 4.78 is 10.2. The fourth-order valence-electron chi connectivity index (χ4n) is 3.05. The summed E-state index contributed by atoms with van der Waals surface area (Å²) in [5, 5.41) is 14.0. The molecular weight excluding hydrogens is 366 g/mol. The lowest BCUT2D eigenvalue weighted by Gasteiger charge is -2.23. The zero-order chi connectivity index (χ0) is 19.8. The average Bonchev–Trinajstić information content (AvgIpc) is 3.28. The summed E-state index contributed by atoms with van der Waals surface area (Å²) >= 11 is 1.33. The van der Waals surface area contributed by atoms with Crippen LogP contribution in [0.4, 0.5) is 4.79 Å². The van der Waals surface area contributed by atoms with Crippen LogP contribution in [-0.2, 0) is 20.7 Å². The van der Waals surface area contributed by atoms with Gasteiger partial charge in [0.2, 0.25) is 0 Å². The summed E-state index contributed by atoms with van der Waals surface area (Å²) in [5.74, 6) is -0.199. The van der Waals surface area contributed by atoms with Crippen LogP contribution in [0.2, 0.25) is 0 Å². The average molecular weight is 389 g/mol. The number of ether oxygens (including phenoxy) is 2. The standard InChI is InChI=1S/C20H23NO5S/c1-19(2,3)26-18(24)21-20(16(27-20)17(23)25-4)11-12-9-10-15(22)14-8-6-5-7-13(12)14/h5-10,16,22H,11H2,1-4H3,(H,21,24)/t16?,20-/m0/s1. The van der Waals surface area contributed by atoms with E-state index in [9.17, 15) is 14.7 Å². The number of phenols is 1. The van der Waals surface area contributed by atoms with Crippen molar-refractivity contribution in [3.8, 4) is 5.75 Å². The number of methoxy groups -OCH3 is 1. The summed E-state index contributed by atoms with van der Waals surface area (Å²) in [7, 11) is 1.33. The highest BCUT2D eigenvalue weighted by Gasteiger charge is 2.62. The van der Waals surface area contributed by atoms with Crippen LogP contribution >= 0.6 is 11.8 Å². The molecule has 0 radical (unpaired) electrons. The number of nitrogens with one attached hydrogen (secondary N) is 1. The van der Waals surface area contributed by atoms with Gasteiger partial charge in [-0.05, 0) is 37.8 Å². The number of alkyl carbamates (subject to hydrolysis) is 1. The van der Waals surface area contributed by atoms with Crippen LogP contribution in [0.1, 0.15) is 26.3 Å². The van der Waals surface area contributed by atoms with E-state index < -0.39 is 21.8 Å². The molecule has 3 rings (SSSR count). The van der Waals surface area contributed by atoms with Crippen LogP contribution < -0.4 is 5.32 Å². The van der Waals surface area contributed by atoms with E-state index in [4.69, 9.17) is 9.47 Å². The second-order valence-electron chi connectivity index (χ2n) is 7.50. The summed E-state index contributed by atoms with van der Waals surface area (Å²) in [6, 6.07) is 10.9. The Kier molecular flexibility index (Phi) is 4.99. The third kappa shape index (κ3) is 4.13. The number of hydrogen-bond donors (Lipinski definition) is 2. The molecule has 0 spiro atoms. The van der Waals surface area contributed by atoms with Gasteiger partial charge in [-0.3, -0.25) is 4.79 Å². The van der Waals surface area contributed by atoms with E-state index in [0.29, 0.717) is 6.42 Å². The van der Waals surface area contributed by atoms with Gasteiger partial charge in [0.15, 0.2) is 0 Å². The molecule has 144 valence electrons. The van der Waals surface area contributed by atoms with Gasteiger partial charge in [-0.1, -0.05) is 30.3 Å². The molecule has 1 aliphatic rings. The number of hydrogen-bond acceptors (Lipinski definition) is 6. The molecule has 0 aliphatic carbocycles. The zero-order valence-electron chi connectivity index (χ0n) is 15.7. The van der Waals surface area contributed by atoms with Gasteiger partial charge in [0.1, 0.15) is 21.5 Å². The molecular formula is C20H23NO5S. The van der Waals surface area contributed by atoms with E-state index in [1.54, 1.807) is 26.8 Å². The lowest BCUT2D eigenvalue weighted by atomic mass is 9.97. The minimum atomic E-state index is -0.838. The highest BCUT2D eigenvalue weighted by atomic mass is 32.2. The van der Waals surface area contributed by atoms with Crippen molar-refractivity contribution >= 4 is 34.6 Å². The maximum Gasteiger partial charge on any atom is 0.408 e. The number of thioether (sulfide) groups is 1. The van der Waals surface area contributed by atoms with E-state index in [1.807, 2.05) is 30.3 Å². The number of carbonyl (C=O) groups excluding carboxylic acids is 2. The van der Waals surface area contributed by atoms with Crippen LogP contribution in [0.3, 0.4) is 0 Å². The number of aromatic hydroxyl groups is 1. The molecule has 1 heterocycles. The van der Waals surface area contributed by atoms with Crippen molar-refractivity contribution < 1.29 is 24.2 Å². The molecule has 2 N–H and O–H groups in total. The first kappa shape index (κ1) is 19.4. The summed E-state index contributed by atoms with van der Waals surface area (Å²) in [5.41, 5.74) is 0.273. The largest absolute Gasteiger partial charge is 0.507 e. The molecule has 1 fully saturated rings. The van der Waals surface area contributed by atoms with E-state index in [-0.39, 0.29) is 11.7 Å². The monoisotopic (exact) mass is 389 g/mol. The maximum atomic E-state index is 12.3. The molecule has 27 heavy (non-hydrogen) atoms. The molecule has 2 atom stereocenters. The van der Waals surface area contributed by atoms with Gasteiger partial charge in [-0.2, -0.15) is 0 Å². The molecule has 2 aromatic carbocycles. The van der Waals surface area contributed by atoms with E-state index in [0.717, 1.165) is 16.3 Å². The number of phenolic OH excluding ortho intramolecular Hbond substituents is 1. The van der Waals surface area contributed by atoms with Gasteiger partial charge >= 0.3 is 12.1 Å². The molecule has 1 saturated heterocycles. The summed E-state index contributed by atoms with van der Waals surface area (Å²) in [6.45, 7) is 5.35. The Morgan fingerprint density at radius 2 is 1.85 bits per heavy atom. The highest BCUT2D eigenvalue weighted by Crippen LogP contribution is 2.54. The van der Waals surface area contributed by atoms with E-state index >= 15 is 0 Å². The fraction of sp³-hybridized carbons (Fsp3) is 0.400. The summed E-state index contributed by atoms with van der Waals surface area (Å²) in [6.07, 6.45) is -0.179. The predicted octanol–water partition coefficient (Wildman–Crippen LogP) is 3.60. The zero-order valence-corrected chi connectivity index (χ0v) is 16.6. The molecule has 0 bridgehead atoms. The van der Waals surface area contributed by atoms with Crippen LogP contribution in [-0.4, -0.2) is 40.0 Å². The number of esters is 1. The molecule has 1 unspecified atom stereocenters. The van der Waals surface area contributed by atoms with Crippen molar-refractivity contribution in [3.05, 3.63) is 42.0 Å². The van der Waals surface area contributed by atoms with Crippen LogP contribution in [0.5, 0.6) is 5.75 Å². The third-order valence-electron chi connectivity index (χ3n) is 4.27. The maximum absolute atomic E-state index is 12.3. The first-order valence-electron chi connectivity index (χ1n) is 8.61. The SMILES string of the molecule is COC(=O)C1S[C@]1(Cc1ccc(O)c2ccccc12)NC(=O)OC(C)(C)C. The topological polar surface area (TPSA) is 84.9 Å². The molecule has 7 heteroatoms. The van der Waals surface area contributed by atoms with Crippen LogP contribution in [0, 0.1) is 0 Å². The number of amides is 1. The predicted molar refractivity (Wildman–Crippen MR) is 105 cm³/mol. The fourth-order valence-corrected chi connectivity index (χ4v) is 4.22. The van der Waals surface area contributed by atoms with Crippen molar-refractivity contribution in [1.29, 1.82) is 0 Å². The van der Waals surface area contributed by atoms with E-state index in [1.165, 1.54) is 18.9 Å². The Labute approximate surface area is 162 Å². The lowest BCUT2D eigenvalue weighted by Crippen LogP contribution is -2.45. The first-order chi connectivity index (χ1) is 12.6. The van der Waals surface area contributed by atoms with Crippen molar-refractivity contribution in [2.75, 3.05) is 7.11 Å². The van der Waals surface area contributed by atoms with Crippen molar-refractivity contribution in [2.24, 2.45) is 0 Å². The summed E-state index contributed by atoms with van der Waals surface area (Å²) in [4.78, 5) is 23.6. The van der Waals surface area contributed by atoms with E-state index in [2.05, 4.69) is 5.32 Å². The number of rotatable bonds is 4. The third-order valence-corrected chi connectivity index (χ3v) is 5.75. The molecule has 6 nitrogen and oxygen atoms in total. The van der Waals surface area contributed by atoms with Gasteiger partial charge in [0.25, 0.3) is 0 Å². The Hall–Kier alpha value is -2.41. The van der Waals surface area contributed by atoms with Crippen molar-refractivity contribution in [3.63, 3.8) is 0 Å². The second-order valence-corrected chi connectivity index (χ2v) is 8.94. The molecule has 1 aliphatic heterocycles. The molecule has 1 amide bonds. The lowest BCUT2D eigenvalue weighted by molar-refractivity contribution is -0.139. The Morgan fingerprint density at radius 3 is 2.48 bits per heavy atom. The number of fused-ring (bicyclic) bond motifs is 1. The minimum absolute atomic E-state index is 0.191. The second kappa shape index (κ2) is 6.96. The number of carbonyl (C=O) groups is 2. The molecule has 2 aromatic rings. The molecule has 0 saturated carbocycles. The van der Waals surface area contributed by atoms with Gasteiger partial charge in [-0.25, -0.2) is 4.79 Å². The van der Waals surface area contributed by atoms with Gasteiger partial charge in [0, 0.05) is 11.8 Å². The highest BCUT2D eigenvalue weighted by molar-refractivity contribution is 8.09. The smallest absolute Gasteiger partial charge is 0.408 e. The minimum Gasteiger partial charge on any atom is -0.507 e. The van der Waals surface area contributed by atoms with Crippen LogP contribution in [0.25, 0.3) is 10.8 Å². The number of benzene rings is 2. The van der Waals surface area contributed by atoms with Gasteiger partial charge < -0.3 is 19.9 Å². The first-order valence-corrected chi connectivity index (χ1v) is 9.49. The Balaban J connectivity index is 1.91.